The van der Waals surface area contributed by atoms with Gasteiger partial charge in [-0.1, -0.05) is 5.92 Å². The van der Waals surface area contributed by atoms with Gasteiger partial charge < -0.3 is 4.74 Å². The van der Waals surface area contributed by atoms with Crippen LogP contribution in [0.4, 0.5) is 0 Å². The third kappa shape index (κ3) is 4.79. The van der Waals surface area contributed by atoms with Gasteiger partial charge in [0.25, 0.3) is 0 Å². The van der Waals surface area contributed by atoms with E-state index >= 15 is 0 Å². The molecule has 0 saturated heterocycles. The molecule has 0 saturated carbocycles. The van der Waals surface area contributed by atoms with Crippen molar-refractivity contribution in [2.75, 3.05) is 6.61 Å². The van der Waals surface area contributed by atoms with E-state index in [0.29, 0.717) is 6.61 Å². The van der Waals surface area contributed by atoms with Gasteiger partial charge in [0.1, 0.15) is 0 Å². The minimum Gasteiger partial charge on any atom is -0.334 e. The Kier molecular flexibility index (Phi) is 4.91. The van der Waals surface area contributed by atoms with Crippen molar-refractivity contribution in [2.24, 2.45) is 0 Å². The average Bonchev–Trinajstić information content (AvgIpc) is 1.81. The molecule has 0 aromatic carbocycles. The zero-order valence-electron chi connectivity index (χ0n) is 4.69. The van der Waals surface area contributed by atoms with Crippen LogP contribution in [0, 0.1) is 30.8 Å². The molecule has 0 unspecified atom stereocenters. The van der Waals surface area contributed by atoms with Gasteiger partial charge in [0, 0.05) is 0 Å². The number of hydrogen-bond acceptors (Lipinski definition) is 1. The Morgan fingerprint density at radius 2 is 2.38 bits per heavy atom. The first-order chi connectivity index (χ1) is 3.91. The lowest BCUT2D eigenvalue weighted by Gasteiger charge is -1.73. The molecule has 0 spiro atoms. The van der Waals surface area contributed by atoms with Crippen molar-refractivity contribution < 1.29 is 4.74 Å². The van der Waals surface area contributed by atoms with Crippen molar-refractivity contribution in [3.8, 4) is 23.9 Å². The summed E-state index contributed by atoms with van der Waals surface area (Å²) in [6.45, 7) is 6.85. The van der Waals surface area contributed by atoms with Gasteiger partial charge in [0.2, 0.25) is 12.8 Å². The second-order valence-corrected chi connectivity index (χ2v) is 0.962. The van der Waals surface area contributed by atoms with E-state index in [1.807, 2.05) is 0 Å². The molecule has 39 valence electrons. The summed E-state index contributed by atoms with van der Waals surface area (Å²) in [6, 6.07) is 0. The van der Waals surface area contributed by atoms with Crippen LogP contribution in [-0.4, -0.2) is 6.61 Å². The van der Waals surface area contributed by atoms with Gasteiger partial charge in [-0.15, -0.1) is 5.92 Å². The first kappa shape index (κ1) is 6.79. The molecular weight excluding hydrogens is 100 g/mol. The summed E-state index contributed by atoms with van der Waals surface area (Å²) in [4.78, 5) is 0. The highest BCUT2D eigenvalue weighted by molar-refractivity contribution is 4.99. The molecule has 0 bridgehead atoms. The summed E-state index contributed by atoms with van der Waals surface area (Å²) in [7, 11) is 0. The zero-order valence-corrected chi connectivity index (χ0v) is 4.69. The van der Waals surface area contributed by atoms with E-state index in [2.05, 4.69) is 28.6 Å². The molecular formula is C7H6O+. The Bertz CT molecular complexity index is 129. The van der Waals surface area contributed by atoms with E-state index in [4.69, 9.17) is 6.92 Å². The monoisotopic (exact) mass is 106 g/mol. The topological polar surface area (TPSA) is 9.23 Å². The Morgan fingerprint density at radius 1 is 1.62 bits per heavy atom. The van der Waals surface area contributed by atoms with Crippen molar-refractivity contribution in [3.63, 3.8) is 0 Å². The maximum absolute atomic E-state index is 4.78. The molecule has 0 aromatic rings. The quantitative estimate of drug-likeness (QED) is 0.271. The van der Waals surface area contributed by atoms with Gasteiger partial charge in [0.15, 0.2) is 6.61 Å². The maximum atomic E-state index is 4.78. The summed E-state index contributed by atoms with van der Waals surface area (Å²) >= 11 is 0. The van der Waals surface area contributed by atoms with Gasteiger partial charge in [-0.25, -0.2) is 0 Å². The highest BCUT2D eigenvalue weighted by Crippen LogP contribution is 1.64. The highest BCUT2D eigenvalue weighted by Gasteiger charge is 1.75. The third-order valence-corrected chi connectivity index (χ3v) is 0.452. The molecule has 1 nitrogen and oxygen atoms in total. The van der Waals surface area contributed by atoms with Crippen LogP contribution in [0.3, 0.4) is 0 Å². The van der Waals surface area contributed by atoms with Gasteiger partial charge in [0.05, 0.1) is 0 Å². The summed E-state index contributed by atoms with van der Waals surface area (Å²) in [5.41, 5.74) is 0. The van der Waals surface area contributed by atoms with Crippen LogP contribution >= 0.6 is 0 Å². The largest absolute Gasteiger partial charge is 0.357 e. The molecule has 0 aliphatic carbocycles. The summed E-state index contributed by atoms with van der Waals surface area (Å²) < 4.78 is 4.56. The van der Waals surface area contributed by atoms with E-state index in [0.717, 1.165) is 0 Å². The van der Waals surface area contributed by atoms with E-state index in [9.17, 15) is 0 Å². The molecule has 0 aliphatic rings. The second kappa shape index (κ2) is 5.79. The molecule has 0 heterocycles. The van der Waals surface area contributed by atoms with Crippen molar-refractivity contribution in [1.29, 1.82) is 0 Å². The SMILES string of the molecule is [CH+]C#COCC#CC. The average molecular weight is 106 g/mol. The fraction of sp³-hybridized carbons (Fsp3) is 0.286. The van der Waals surface area contributed by atoms with E-state index in [1.54, 1.807) is 6.92 Å². The van der Waals surface area contributed by atoms with Gasteiger partial charge in [-0.05, 0) is 6.92 Å². The zero-order chi connectivity index (χ0) is 6.24. The van der Waals surface area contributed by atoms with E-state index in [-0.39, 0.29) is 0 Å². The second-order valence-electron chi connectivity index (χ2n) is 0.962. The molecule has 1 radical (unpaired) electrons. The summed E-state index contributed by atoms with van der Waals surface area (Å²) in [6.07, 6.45) is 2.21. The van der Waals surface area contributed by atoms with E-state index < -0.39 is 0 Å². The van der Waals surface area contributed by atoms with Gasteiger partial charge >= 0.3 is 6.11 Å². The number of hydrogen-bond donors (Lipinski definition) is 0. The van der Waals surface area contributed by atoms with Crippen molar-refractivity contribution in [1.82, 2.24) is 0 Å². The minimum absolute atomic E-state index is 0.334. The molecule has 0 atom stereocenters. The Labute approximate surface area is 50.0 Å². The number of ether oxygens (including phenoxy) is 1. The standard InChI is InChI=1S/C7H6O/c1-3-5-7-8-6-4-2/h2H,7H2,1H3/q+1. The lowest BCUT2D eigenvalue weighted by molar-refractivity contribution is 0.328. The van der Waals surface area contributed by atoms with Crippen LogP contribution in [0.15, 0.2) is 0 Å². The molecule has 0 N–H and O–H groups in total. The molecule has 0 rings (SSSR count). The molecule has 8 heavy (non-hydrogen) atoms. The van der Waals surface area contributed by atoms with Crippen LogP contribution < -0.4 is 0 Å². The fourth-order valence-electron chi connectivity index (χ4n) is 0.186. The van der Waals surface area contributed by atoms with Crippen molar-refractivity contribution in [2.45, 2.75) is 6.92 Å². The minimum atomic E-state index is 0.334. The molecule has 0 aliphatic heterocycles. The molecule has 0 aromatic heterocycles. The Morgan fingerprint density at radius 3 is 2.88 bits per heavy atom. The first-order valence-corrected chi connectivity index (χ1v) is 2.14. The maximum Gasteiger partial charge on any atom is 0.357 e. The molecule has 0 fully saturated rings. The van der Waals surface area contributed by atoms with Crippen LogP contribution in [0.2, 0.25) is 0 Å². The predicted octanol–water partition coefficient (Wildman–Crippen LogP) is 0.698. The predicted molar refractivity (Wildman–Crippen MR) is 31.5 cm³/mol. The fourth-order valence-corrected chi connectivity index (χ4v) is 0.186. The van der Waals surface area contributed by atoms with Crippen LogP contribution in [0.1, 0.15) is 6.92 Å². The van der Waals surface area contributed by atoms with Crippen LogP contribution in [0.5, 0.6) is 0 Å². The Hall–Kier alpha value is -1.21. The smallest absolute Gasteiger partial charge is 0.334 e. The van der Waals surface area contributed by atoms with Crippen LogP contribution in [-0.2, 0) is 4.74 Å². The summed E-state index contributed by atoms with van der Waals surface area (Å²) in [5, 5.41) is 0. The van der Waals surface area contributed by atoms with Crippen molar-refractivity contribution in [3.05, 3.63) is 6.92 Å². The lowest BCUT2D eigenvalue weighted by Crippen LogP contribution is -1.79. The summed E-state index contributed by atoms with van der Waals surface area (Å²) in [5.74, 6) is 7.38. The highest BCUT2D eigenvalue weighted by atomic mass is 16.5. The van der Waals surface area contributed by atoms with Crippen LogP contribution in [0.25, 0.3) is 0 Å². The first-order valence-electron chi connectivity index (χ1n) is 2.14. The molecule has 1 heteroatoms. The van der Waals surface area contributed by atoms with Crippen molar-refractivity contribution >= 4 is 0 Å². The van der Waals surface area contributed by atoms with Gasteiger partial charge in [-0.3, -0.25) is 0 Å². The normalized spacial score (nSPS) is 5.12. The number of rotatable bonds is 1. The Balaban J connectivity index is 3.10. The van der Waals surface area contributed by atoms with E-state index in [1.165, 1.54) is 0 Å². The van der Waals surface area contributed by atoms with Gasteiger partial charge in [-0.2, -0.15) is 0 Å². The molecule has 0 amide bonds. The third-order valence-electron chi connectivity index (χ3n) is 0.452. The lowest BCUT2D eigenvalue weighted by atomic mass is 10.6.